The summed E-state index contributed by atoms with van der Waals surface area (Å²) in [4.78, 5) is 11.5. The van der Waals surface area contributed by atoms with Crippen molar-refractivity contribution in [1.82, 2.24) is 5.32 Å². The van der Waals surface area contributed by atoms with E-state index < -0.39 is 0 Å². The Balaban J connectivity index is 2.46. The Labute approximate surface area is 101 Å². The Kier molecular flexibility index (Phi) is 5.49. The molecule has 0 amide bonds. The van der Waals surface area contributed by atoms with Crippen molar-refractivity contribution in [2.45, 2.75) is 39.8 Å². The number of rotatable bonds is 6. The number of carbonyl (C=O) groups excluding carboxylic acids is 1. The van der Waals surface area contributed by atoms with Crippen LogP contribution in [0.3, 0.4) is 0 Å². The standard InChI is InChI=1S/C12H19NO2S/c1-4-11(12(14)15-5-2)13-6-10-8-16-7-9(10)3/h7-8,11,13H,4-6H2,1-3H3. The van der Waals surface area contributed by atoms with Crippen LogP contribution in [0.4, 0.5) is 0 Å². The zero-order valence-corrected chi connectivity index (χ0v) is 10.9. The highest BCUT2D eigenvalue weighted by molar-refractivity contribution is 7.08. The summed E-state index contributed by atoms with van der Waals surface area (Å²) in [6, 6.07) is -0.195. The smallest absolute Gasteiger partial charge is 0.323 e. The van der Waals surface area contributed by atoms with Crippen LogP contribution in [0.5, 0.6) is 0 Å². The highest BCUT2D eigenvalue weighted by Gasteiger charge is 2.16. The van der Waals surface area contributed by atoms with Crippen molar-refractivity contribution in [2.75, 3.05) is 6.61 Å². The molecule has 0 aliphatic carbocycles. The van der Waals surface area contributed by atoms with Crippen LogP contribution in [0.2, 0.25) is 0 Å². The molecule has 1 rings (SSSR count). The predicted octanol–water partition coefficient (Wildman–Crippen LogP) is 2.49. The van der Waals surface area contributed by atoms with Crippen LogP contribution in [0, 0.1) is 6.92 Å². The molecule has 3 nitrogen and oxygen atoms in total. The van der Waals surface area contributed by atoms with Gasteiger partial charge in [0.1, 0.15) is 6.04 Å². The minimum absolute atomic E-state index is 0.155. The number of aryl methyl sites for hydroxylation is 1. The van der Waals surface area contributed by atoms with Crippen molar-refractivity contribution >= 4 is 17.3 Å². The molecule has 0 spiro atoms. The SMILES string of the molecule is CCOC(=O)C(CC)NCc1cscc1C. The third kappa shape index (κ3) is 3.61. The van der Waals surface area contributed by atoms with Gasteiger partial charge in [0.15, 0.2) is 0 Å². The number of ether oxygens (including phenoxy) is 1. The van der Waals surface area contributed by atoms with Gasteiger partial charge in [-0.15, -0.1) is 0 Å². The Bertz CT molecular complexity index is 336. The van der Waals surface area contributed by atoms with Crippen LogP contribution in [0.15, 0.2) is 10.8 Å². The first-order valence-corrected chi connectivity index (χ1v) is 6.55. The van der Waals surface area contributed by atoms with Crippen LogP contribution in [0.1, 0.15) is 31.4 Å². The van der Waals surface area contributed by atoms with Crippen LogP contribution < -0.4 is 5.32 Å². The van der Waals surface area contributed by atoms with Gasteiger partial charge in [0, 0.05) is 6.54 Å². The molecule has 1 unspecified atom stereocenters. The summed E-state index contributed by atoms with van der Waals surface area (Å²) >= 11 is 1.69. The van der Waals surface area contributed by atoms with Crippen molar-refractivity contribution < 1.29 is 9.53 Å². The second-order valence-corrected chi connectivity index (χ2v) is 4.42. The van der Waals surface area contributed by atoms with Crippen LogP contribution in [-0.4, -0.2) is 18.6 Å². The molecular weight excluding hydrogens is 222 g/mol. The Morgan fingerprint density at radius 2 is 2.25 bits per heavy atom. The van der Waals surface area contributed by atoms with E-state index in [0.717, 1.165) is 13.0 Å². The summed E-state index contributed by atoms with van der Waals surface area (Å²) in [7, 11) is 0. The number of hydrogen-bond donors (Lipinski definition) is 1. The number of thiophene rings is 1. The lowest BCUT2D eigenvalue weighted by molar-refractivity contribution is -0.145. The van der Waals surface area contributed by atoms with Gasteiger partial charge >= 0.3 is 5.97 Å². The lowest BCUT2D eigenvalue weighted by Gasteiger charge is -2.15. The molecule has 4 heteroatoms. The van der Waals surface area contributed by atoms with E-state index in [4.69, 9.17) is 4.74 Å². The summed E-state index contributed by atoms with van der Waals surface area (Å²) in [5, 5.41) is 7.45. The largest absolute Gasteiger partial charge is 0.465 e. The van der Waals surface area contributed by atoms with Gasteiger partial charge in [0.25, 0.3) is 0 Å². The van der Waals surface area contributed by atoms with Gasteiger partial charge < -0.3 is 10.1 Å². The van der Waals surface area contributed by atoms with Gasteiger partial charge in [-0.2, -0.15) is 11.3 Å². The minimum atomic E-state index is -0.195. The molecule has 0 saturated heterocycles. The van der Waals surface area contributed by atoms with Crippen LogP contribution in [-0.2, 0) is 16.1 Å². The quantitative estimate of drug-likeness (QED) is 0.778. The monoisotopic (exact) mass is 241 g/mol. The molecule has 1 aromatic heterocycles. The van der Waals surface area contributed by atoms with E-state index in [1.54, 1.807) is 11.3 Å². The fraction of sp³-hybridized carbons (Fsp3) is 0.583. The molecule has 16 heavy (non-hydrogen) atoms. The highest BCUT2D eigenvalue weighted by atomic mass is 32.1. The summed E-state index contributed by atoms with van der Waals surface area (Å²) in [5.74, 6) is -0.155. The van der Waals surface area contributed by atoms with Gasteiger partial charge in [-0.3, -0.25) is 4.79 Å². The van der Waals surface area contributed by atoms with E-state index in [-0.39, 0.29) is 12.0 Å². The maximum atomic E-state index is 11.5. The minimum Gasteiger partial charge on any atom is -0.465 e. The second kappa shape index (κ2) is 6.66. The number of carbonyl (C=O) groups is 1. The molecule has 1 atom stereocenters. The van der Waals surface area contributed by atoms with Crippen molar-refractivity contribution in [3.63, 3.8) is 0 Å². The first-order chi connectivity index (χ1) is 7.69. The normalized spacial score (nSPS) is 12.4. The van der Waals surface area contributed by atoms with Gasteiger partial charge in [-0.05, 0) is 42.2 Å². The topological polar surface area (TPSA) is 38.3 Å². The maximum Gasteiger partial charge on any atom is 0.323 e. The zero-order chi connectivity index (χ0) is 12.0. The average molecular weight is 241 g/mol. The maximum absolute atomic E-state index is 11.5. The summed E-state index contributed by atoms with van der Waals surface area (Å²) in [5.41, 5.74) is 2.53. The highest BCUT2D eigenvalue weighted by Crippen LogP contribution is 2.13. The fourth-order valence-corrected chi connectivity index (χ4v) is 2.30. The molecule has 0 aromatic carbocycles. The van der Waals surface area contributed by atoms with Gasteiger partial charge in [0.2, 0.25) is 0 Å². The fourth-order valence-electron chi connectivity index (χ4n) is 1.44. The Hall–Kier alpha value is -0.870. The third-order valence-corrected chi connectivity index (χ3v) is 3.39. The van der Waals surface area contributed by atoms with Crippen LogP contribution >= 0.6 is 11.3 Å². The van der Waals surface area contributed by atoms with E-state index in [1.165, 1.54) is 11.1 Å². The molecule has 1 N–H and O–H groups in total. The molecule has 0 radical (unpaired) electrons. The van der Waals surface area contributed by atoms with E-state index in [1.807, 2.05) is 13.8 Å². The van der Waals surface area contributed by atoms with Crippen molar-refractivity contribution in [3.8, 4) is 0 Å². The summed E-state index contributed by atoms with van der Waals surface area (Å²) in [6.07, 6.45) is 0.752. The lowest BCUT2D eigenvalue weighted by atomic mass is 10.2. The first kappa shape index (κ1) is 13.2. The van der Waals surface area contributed by atoms with E-state index in [0.29, 0.717) is 6.61 Å². The average Bonchev–Trinajstić information content (AvgIpc) is 2.66. The summed E-state index contributed by atoms with van der Waals surface area (Å²) in [6.45, 7) is 7.06. The van der Waals surface area contributed by atoms with Gasteiger partial charge in [-0.25, -0.2) is 0 Å². The molecule has 0 fully saturated rings. The lowest BCUT2D eigenvalue weighted by Crippen LogP contribution is -2.37. The molecule has 0 saturated carbocycles. The number of nitrogens with one attached hydrogen (secondary N) is 1. The Morgan fingerprint density at radius 3 is 2.75 bits per heavy atom. The molecule has 1 aromatic rings. The molecule has 90 valence electrons. The number of hydrogen-bond acceptors (Lipinski definition) is 4. The molecule has 0 bridgehead atoms. The van der Waals surface area contributed by atoms with E-state index in [9.17, 15) is 4.79 Å². The number of esters is 1. The van der Waals surface area contributed by atoms with Gasteiger partial charge in [0.05, 0.1) is 6.61 Å². The summed E-state index contributed by atoms with van der Waals surface area (Å²) < 4.78 is 5.00. The Morgan fingerprint density at radius 1 is 1.50 bits per heavy atom. The van der Waals surface area contributed by atoms with E-state index >= 15 is 0 Å². The van der Waals surface area contributed by atoms with E-state index in [2.05, 4.69) is 23.0 Å². The first-order valence-electron chi connectivity index (χ1n) is 5.60. The third-order valence-electron chi connectivity index (χ3n) is 2.48. The van der Waals surface area contributed by atoms with Gasteiger partial charge in [-0.1, -0.05) is 6.92 Å². The molecule has 1 heterocycles. The second-order valence-electron chi connectivity index (χ2n) is 3.67. The molecule has 0 aliphatic rings. The molecule has 0 aliphatic heterocycles. The van der Waals surface area contributed by atoms with Crippen molar-refractivity contribution in [2.24, 2.45) is 0 Å². The molecular formula is C12H19NO2S. The van der Waals surface area contributed by atoms with Crippen LogP contribution in [0.25, 0.3) is 0 Å². The van der Waals surface area contributed by atoms with Crippen molar-refractivity contribution in [3.05, 3.63) is 21.9 Å². The zero-order valence-electron chi connectivity index (χ0n) is 10.1. The van der Waals surface area contributed by atoms with Crippen molar-refractivity contribution in [1.29, 1.82) is 0 Å². The predicted molar refractivity (Wildman–Crippen MR) is 66.6 cm³/mol.